The molecule has 0 fully saturated rings. The molecule has 0 aliphatic heterocycles. The maximum atomic E-state index is 12.3. The molecule has 1 aromatic heterocycles. The van der Waals surface area contributed by atoms with Crippen molar-refractivity contribution < 1.29 is 13.6 Å². The van der Waals surface area contributed by atoms with Gasteiger partial charge in [0, 0.05) is 6.54 Å². The number of alkyl halides is 2. The molecule has 1 rings (SSSR count). The highest BCUT2D eigenvalue weighted by Crippen LogP contribution is 2.26. The minimum atomic E-state index is -2.80. The first-order chi connectivity index (χ1) is 6.60. The third-order valence-electron chi connectivity index (χ3n) is 1.65. The molecule has 0 atom stereocenters. The summed E-state index contributed by atoms with van der Waals surface area (Å²) in [4.78, 5) is 13.9. The van der Waals surface area contributed by atoms with E-state index in [0.29, 0.717) is 11.8 Å². The van der Waals surface area contributed by atoms with Crippen LogP contribution < -0.4 is 5.73 Å². The number of halogens is 3. The van der Waals surface area contributed by atoms with Gasteiger partial charge >= 0.3 is 0 Å². The van der Waals surface area contributed by atoms with Crippen LogP contribution in [0, 0.1) is 0 Å². The Kier molecular flexibility index (Phi) is 3.49. The molecule has 1 aromatic rings. The van der Waals surface area contributed by atoms with E-state index in [1.807, 2.05) is 0 Å². The molecule has 2 N–H and O–H groups in total. The zero-order chi connectivity index (χ0) is 10.7. The maximum absolute atomic E-state index is 12.3. The molecule has 0 aliphatic rings. The van der Waals surface area contributed by atoms with E-state index in [1.54, 1.807) is 0 Å². The van der Waals surface area contributed by atoms with Crippen LogP contribution in [0.3, 0.4) is 0 Å². The third kappa shape index (κ3) is 2.05. The Labute approximate surface area is 83.9 Å². The molecule has 0 amide bonds. The van der Waals surface area contributed by atoms with Gasteiger partial charge in [0.1, 0.15) is 11.4 Å². The van der Waals surface area contributed by atoms with Crippen LogP contribution in [0.4, 0.5) is 8.78 Å². The predicted molar refractivity (Wildman–Crippen MR) is 47.5 cm³/mol. The van der Waals surface area contributed by atoms with E-state index in [0.717, 1.165) is 0 Å². The van der Waals surface area contributed by atoms with E-state index in [4.69, 9.17) is 17.3 Å². The molecule has 3 nitrogen and oxygen atoms in total. The lowest BCUT2D eigenvalue weighted by Crippen LogP contribution is -2.06. The molecule has 0 aliphatic carbocycles. The van der Waals surface area contributed by atoms with Crippen molar-refractivity contribution in [3.63, 3.8) is 0 Å². The van der Waals surface area contributed by atoms with Crippen LogP contribution in [0.25, 0.3) is 0 Å². The summed E-state index contributed by atoms with van der Waals surface area (Å²) in [6, 6.07) is 1.24. The van der Waals surface area contributed by atoms with Crippen molar-refractivity contribution in [1.29, 1.82) is 0 Å². The fourth-order valence-corrected chi connectivity index (χ4v) is 1.23. The molecule has 0 radical (unpaired) electrons. The van der Waals surface area contributed by atoms with Crippen LogP contribution >= 0.6 is 11.6 Å². The molecule has 0 spiro atoms. The Morgan fingerprint density at radius 3 is 2.71 bits per heavy atom. The van der Waals surface area contributed by atoms with Gasteiger partial charge in [0.05, 0.1) is 5.02 Å². The first kappa shape index (κ1) is 11.0. The topological polar surface area (TPSA) is 56.0 Å². The van der Waals surface area contributed by atoms with Gasteiger partial charge in [0.2, 0.25) is 0 Å². The van der Waals surface area contributed by atoms with Gasteiger partial charge in [-0.1, -0.05) is 11.6 Å². The van der Waals surface area contributed by atoms with Gasteiger partial charge in [-0.3, -0.25) is 4.79 Å². The number of carbonyl (C=O) groups excluding carboxylic acids is 1. The minimum absolute atomic E-state index is 0.0321. The van der Waals surface area contributed by atoms with Crippen molar-refractivity contribution >= 4 is 17.9 Å². The summed E-state index contributed by atoms with van der Waals surface area (Å²) in [5, 5.41) is -0.175. The smallest absolute Gasteiger partial charge is 0.281 e. The first-order valence-corrected chi connectivity index (χ1v) is 4.10. The normalized spacial score (nSPS) is 10.6. The average molecular weight is 221 g/mol. The summed E-state index contributed by atoms with van der Waals surface area (Å²) in [6.07, 6.45) is -2.42. The number of aldehydes is 1. The maximum Gasteiger partial charge on any atom is 0.281 e. The van der Waals surface area contributed by atoms with Crippen molar-refractivity contribution in [2.45, 2.75) is 13.0 Å². The first-order valence-electron chi connectivity index (χ1n) is 3.72. The Morgan fingerprint density at radius 1 is 1.64 bits per heavy atom. The van der Waals surface area contributed by atoms with Gasteiger partial charge in [-0.2, -0.15) is 0 Å². The molecular formula is C8H7ClF2N2O. The van der Waals surface area contributed by atoms with Gasteiger partial charge in [0.25, 0.3) is 6.43 Å². The number of hydrogen-bond acceptors (Lipinski definition) is 3. The Bertz CT molecular complexity index is 357. The van der Waals surface area contributed by atoms with E-state index < -0.39 is 12.1 Å². The van der Waals surface area contributed by atoms with E-state index in [1.165, 1.54) is 6.07 Å². The van der Waals surface area contributed by atoms with Gasteiger partial charge in [-0.25, -0.2) is 13.8 Å². The van der Waals surface area contributed by atoms with E-state index in [9.17, 15) is 13.6 Å². The molecular weight excluding hydrogens is 214 g/mol. The summed E-state index contributed by atoms with van der Waals surface area (Å²) in [5.41, 5.74) is 4.95. The number of nitrogens with two attached hydrogens (primary N) is 1. The quantitative estimate of drug-likeness (QED) is 0.792. The predicted octanol–water partition coefficient (Wildman–Crippen LogP) is 1.94. The van der Waals surface area contributed by atoms with Gasteiger partial charge in [0.15, 0.2) is 6.29 Å². The van der Waals surface area contributed by atoms with Gasteiger partial charge in [-0.05, 0) is 11.6 Å². The number of carbonyl (C=O) groups is 1. The zero-order valence-electron chi connectivity index (χ0n) is 7.01. The summed E-state index contributed by atoms with van der Waals surface area (Å²) in [5.74, 6) is 0. The lowest BCUT2D eigenvalue weighted by molar-refractivity contribution is 0.111. The molecule has 0 unspecified atom stereocenters. The number of pyridine rings is 1. The molecule has 14 heavy (non-hydrogen) atoms. The minimum Gasteiger partial charge on any atom is -0.326 e. The van der Waals surface area contributed by atoms with Crippen LogP contribution in [0.1, 0.15) is 28.2 Å². The van der Waals surface area contributed by atoms with Crippen molar-refractivity contribution in [3.8, 4) is 0 Å². The zero-order valence-corrected chi connectivity index (χ0v) is 7.76. The van der Waals surface area contributed by atoms with Gasteiger partial charge in [-0.15, -0.1) is 0 Å². The number of rotatable bonds is 3. The van der Waals surface area contributed by atoms with Crippen LogP contribution in [-0.4, -0.2) is 11.3 Å². The third-order valence-corrected chi connectivity index (χ3v) is 1.96. The lowest BCUT2D eigenvalue weighted by atomic mass is 10.2. The van der Waals surface area contributed by atoms with Crippen molar-refractivity contribution in [2.75, 3.05) is 0 Å². The van der Waals surface area contributed by atoms with Crippen LogP contribution in [-0.2, 0) is 6.54 Å². The SMILES string of the molecule is NCc1cc(Cl)c(C(F)F)nc1C=O. The van der Waals surface area contributed by atoms with Crippen LogP contribution in [0.5, 0.6) is 0 Å². The summed E-state index contributed by atoms with van der Waals surface area (Å²) in [6.45, 7) is 0.0321. The molecule has 0 saturated heterocycles. The highest BCUT2D eigenvalue weighted by molar-refractivity contribution is 6.31. The molecule has 1 heterocycles. The number of hydrogen-bond donors (Lipinski definition) is 1. The lowest BCUT2D eigenvalue weighted by Gasteiger charge is -2.06. The molecule has 0 aromatic carbocycles. The van der Waals surface area contributed by atoms with E-state index in [2.05, 4.69) is 4.98 Å². The molecule has 76 valence electrons. The average Bonchev–Trinajstić information content (AvgIpc) is 2.16. The van der Waals surface area contributed by atoms with E-state index >= 15 is 0 Å². The largest absolute Gasteiger partial charge is 0.326 e. The van der Waals surface area contributed by atoms with Crippen molar-refractivity contribution in [1.82, 2.24) is 4.98 Å². The van der Waals surface area contributed by atoms with E-state index in [-0.39, 0.29) is 17.3 Å². The summed E-state index contributed by atoms with van der Waals surface area (Å²) in [7, 11) is 0. The monoisotopic (exact) mass is 220 g/mol. The van der Waals surface area contributed by atoms with Gasteiger partial charge < -0.3 is 5.73 Å². The van der Waals surface area contributed by atoms with Crippen LogP contribution in [0.2, 0.25) is 5.02 Å². The fourth-order valence-electron chi connectivity index (χ4n) is 0.974. The Balaban J connectivity index is 3.30. The standard InChI is InChI=1S/C8H7ClF2N2O/c9-5-1-4(2-12)6(3-14)13-7(5)8(10)11/h1,3,8H,2,12H2. The second-order valence-electron chi connectivity index (χ2n) is 2.52. The summed E-state index contributed by atoms with van der Waals surface area (Å²) < 4.78 is 24.6. The Morgan fingerprint density at radius 2 is 2.29 bits per heavy atom. The fraction of sp³-hybridized carbons (Fsp3) is 0.250. The summed E-state index contributed by atoms with van der Waals surface area (Å²) >= 11 is 5.52. The second kappa shape index (κ2) is 4.43. The number of nitrogens with zero attached hydrogens (tertiary/aromatic N) is 1. The van der Waals surface area contributed by atoms with Crippen molar-refractivity contribution in [3.05, 3.63) is 28.0 Å². The molecule has 6 heteroatoms. The Hall–Kier alpha value is -1.07. The highest BCUT2D eigenvalue weighted by Gasteiger charge is 2.16. The molecule has 0 saturated carbocycles. The van der Waals surface area contributed by atoms with Crippen LogP contribution in [0.15, 0.2) is 6.07 Å². The molecule has 0 bridgehead atoms. The van der Waals surface area contributed by atoms with Crippen molar-refractivity contribution in [2.24, 2.45) is 5.73 Å². The number of aromatic nitrogens is 1. The second-order valence-corrected chi connectivity index (χ2v) is 2.93. The highest BCUT2D eigenvalue weighted by atomic mass is 35.5.